The molecule has 0 heterocycles. The van der Waals surface area contributed by atoms with Crippen molar-refractivity contribution in [3.8, 4) is 11.1 Å². The van der Waals surface area contributed by atoms with E-state index in [4.69, 9.17) is 0 Å². The van der Waals surface area contributed by atoms with E-state index in [0.29, 0.717) is 24.1 Å². The van der Waals surface area contributed by atoms with Gasteiger partial charge >= 0.3 is 5.97 Å². The summed E-state index contributed by atoms with van der Waals surface area (Å²) in [6.07, 6.45) is 0. The summed E-state index contributed by atoms with van der Waals surface area (Å²) < 4.78 is 0. The Kier molecular flexibility index (Phi) is 8.58. The van der Waals surface area contributed by atoms with Gasteiger partial charge in [-0.1, -0.05) is 69.7 Å². The zero-order chi connectivity index (χ0) is 24.7. The number of carboxylic acid groups (broad SMARTS) is 1. The fourth-order valence-electron chi connectivity index (χ4n) is 4.11. The van der Waals surface area contributed by atoms with Crippen molar-refractivity contribution in [3.63, 3.8) is 0 Å². The van der Waals surface area contributed by atoms with Crippen molar-refractivity contribution in [1.29, 1.82) is 0 Å². The fourth-order valence-corrected chi connectivity index (χ4v) is 4.11. The van der Waals surface area contributed by atoms with Crippen LogP contribution in [0.25, 0.3) is 11.1 Å². The largest absolute Gasteiger partial charge is 0.478 e. The van der Waals surface area contributed by atoms with Crippen LogP contribution in [0.3, 0.4) is 0 Å². The first-order valence-electron chi connectivity index (χ1n) is 12.0. The predicted molar refractivity (Wildman–Crippen MR) is 144 cm³/mol. The number of rotatable bonds is 11. The Balaban J connectivity index is 1.97. The molecule has 3 N–H and O–H groups in total. The van der Waals surface area contributed by atoms with Crippen LogP contribution in [0.1, 0.15) is 43.6 Å². The minimum Gasteiger partial charge on any atom is -0.478 e. The normalized spacial score (nSPS) is 11.0. The second kappa shape index (κ2) is 11.6. The number of hydrogen-bond acceptors (Lipinski definition) is 4. The Hall–Kier alpha value is -3.47. The van der Waals surface area contributed by atoms with Crippen molar-refractivity contribution in [3.05, 3.63) is 77.9 Å². The van der Waals surface area contributed by atoms with Gasteiger partial charge in [-0.15, -0.1) is 0 Å². The second-order valence-electron chi connectivity index (χ2n) is 9.67. The van der Waals surface area contributed by atoms with Gasteiger partial charge in [0.15, 0.2) is 0 Å². The van der Waals surface area contributed by atoms with Crippen LogP contribution in [0.15, 0.2) is 66.7 Å². The summed E-state index contributed by atoms with van der Waals surface area (Å²) in [5.41, 5.74) is 6.30. The molecule has 0 amide bonds. The molecule has 0 bridgehead atoms. The number of carbonyl (C=O) groups is 1. The number of aryl methyl sites for hydroxylation is 1. The van der Waals surface area contributed by atoms with Crippen molar-refractivity contribution >= 4 is 23.0 Å². The van der Waals surface area contributed by atoms with E-state index in [0.717, 1.165) is 41.3 Å². The first-order chi connectivity index (χ1) is 16.2. The first-order valence-corrected chi connectivity index (χ1v) is 12.0. The highest BCUT2D eigenvalue weighted by Crippen LogP contribution is 2.34. The SMILES string of the molecule is Cc1ccc(NCNc2cc(-c3ccccc3C(=O)O)ccc2N(CC(C)C)CC(C)C)cc1. The standard InChI is InChI=1S/C29H37N3O2/c1-20(2)17-32(18-21(3)4)28-15-12-23(25-8-6-7-9-26(25)29(33)34)16-27(28)31-19-30-24-13-10-22(5)11-14-24/h6-16,20-21,30-31H,17-19H2,1-5H3,(H,33,34). The van der Waals surface area contributed by atoms with E-state index in [-0.39, 0.29) is 0 Å². The lowest BCUT2D eigenvalue weighted by Crippen LogP contribution is -2.32. The number of aromatic carboxylic acids is 1. The van der Waals surface area contributed by atoms with Gasteiger partial charge in [-0.05, 0) is 60.2 Å². The zero-order valence-corrected chi connectivity index (χ0v) is 20.9. The molecule has 0 aliphatic rings. The third-order valence-corrected chi connectivity index (χ3v) is 5.60. The van der Waals surface area contributed by atoms with E-state index in [2.05, 4.69) is 86.6 Å². The molecule has 5 heteroatoms. The van der Waals surface area contributed by atoms with Gasteiger partial charge < -0.3 is 20.6 Å². The van der Waals surface area contributed by atoms with Gasteiger partial charge in [0.25, 0.3) is 0 Å². The summed E-state index contributed by atoms with van der Waals surface area (Å²) in [4.78, 5) is 14.2. The molecule has 0 unspecified atom stereocenters. The highest BCUT2D eigenvalue weighted by Gasteiger charge is 2.17. The van der Waals surface area contributed by atoms with E-state index >= 15 is 0 Å². The lowest BCUT2D eigenvalue weighted by molar-refractivity contribution is 0.0697. The third-order valence-electron chi connectivity index (χ3n) is 5.60. The van der Waals surface area contributed by atoms with Crippen molar-refractivity contribution < 1.29 is 9.90 Å². The molecular formula is C29H37N3O2. The van der Waals surface area contributed by atoms with Crippen molar-refractivity contribution in [2.75, 3.05) is 35.3 Å². The molecule has 0 fully saturated rings. The molecule has 0 radical (unpaired) electrons. The van der Waals surface area contributed by atoms with Gasteiger partial charge in [0, 0.05) is 18.8 Å². The average Bonchev–Trinajstić information content (AvgIpc) is 2.79. The lowest BCUT2D eigenvalue weighted by Gasteiger charge is -2.31. The molecular weight excluding hydrogens is 422 g/mol. The minimum absolute atomic E-state index is 0.306. The summed E-state index contributed by atoms with van der Waals surface area (Å²) in [6.45, 7) is 13.5. The number of benzene rings is 3. The summed E-state index contributed by atoms with van der Waals surface area (Å²) in [6, 6.07) is 21.7. The van der Waals surface area contributed by atoms with Crippen molar-refractivity contribution in [2.45, 2.75) is 34.6 Å². The molecule has 3 rings (SSSR count). The fraction of sp³-hybridized carbons (Fsp3) is 0.345. The number of hydrogen-bond donors (Lipinski definition) is 3. The van der Waals surface area contributed by atoms with Crippen LogP contribution in [0.5, 0.6) is 0 Å². The van der Waals surface area contributed by atoms with E-state index in [9.17, 15) is 9.90 Å². The van der Waals surface area contributed by atoms with Gasteiger partial charge in [-0.3, -0.25) is 0 Å². The Morgan fingerprint density at radius 1 is 0.882 bits per heavy atom. The Bertz CT molecular complexity index is 1080. The van der Waals surface area contributed by atoms with Gasteiger partial charge in [0.05, 0.1) is 23.6 Å². The van der Waals surface area contributed by atoms with E-state index in [1.165, 1.54) is 5.56 Å². The molecule has 0 aliphatic carbocycles. The second-order valence-corrected chi connectivity index (χ2v) is 9.67. The molecule has 0 saturated carbocycles. The van der Waals surface area contributed by atoms with Gasteiger partial charge in [0.2, 0.25) is 0 Å². The van der Waals surface area contributed by atoms with Crippen LogP contribution < -0.4 is 15.5 Å². The quantitative estimate of drug-likeness (QED) is 0.271. The zero-order valence-electron chi connectivity index (χ0n) is 20.9. The highest BCUT2D eigenvalue weighted by atomic mass is 16.4. The highest BCUT2D eigenvalue weighted by molar-refractivity contribution is 5.96. The average molecular weight is 460 g/mol. The molecule has 0 aromatic heterocycles. The summed E-state index contributed by atoms with van der Waals surface area (Å²) in [5, 5.41) is 16.7. The van der Waals surface area contributed by atoms with Crippen LogP contribution in [0.4, 0.5) is 17.1 Å². The summed E-state index contributed by atoms with van der Waals surface area (Å²) in [7, 11) is 0. The number of carboxylic acids is 1. The van der Waals surface area contributed by atoms with Gasteiger partial charge in [-0.2, -0.15) is 0 Å². The molecule has 5 nitrogen and oxygen atoms in total. The predicted octanol–water partition coefficient (Wildman–Crippen LogP) is 6.96. The lowest BCUT2D eigenvalue weighted by atomic mass is 9.98. The molecule has 34 heavy (non-hydrogen) atoms. The number of nitrogens with zero attached hydrogens (tertiary/aromatic N) is 1. The molecule has 0 saturated heterocycles. The molecule has 3 aromatic carbocycles. The van der Waals surface area contributed by atoms with Crippen LogP contribution in [-0.4, -0.2) is 30.8 Å². The number of anilines is 3. The maximum absolute atomic E-state index is 11.8. The maximum Gasteiger partial charge on any atom is 0.336 e. The first kappa shape index (κ1) is 25.2. The molecule has 0 atom stereocenters. The van der Waals surface area contributed by atoms with Crippen LogP contribution >= 0.6 is 0 Å². The van der Waals surface area contributed by atoms with E-state index < -0.39 is 5.97 Å². The van der Waals surface area contributed by atoms with Crippen LogP contribution in [0, 0.1) is 18.8 Å². The molecule has 0 aliphatic heterocycles. The molecule has 0 spiro atoms. The summed E-state index contributed by atoms with van der Waals surface area (Å²) >= 11 is 0. The van der Waals surface area contributed by atoms with Crippen LogP contribution in [-0.2, 0) is 0 Å². The minimum atomic E-state index is -0.920. The van der Waals surface area contributed by atoms with Gasteiger partial charge in [-0.25, -0.2) is 4.79 Å². The third kappa shape index (κ3) is 6.77. The van der Waals surface area contributed by atoms with Crippen molar-refractivity contribution in [2.24, 2.45) is 11.8 Å². The maximum atomic E-state index is 11.8. The Morgan fingerprint density at radius 3 is 2.15 bits per heavy atom. The number of nitrogens with one attached hydrogen (secondary N) is 2. The summed E-state index contributed by atoms with van der Waals surface area (Å²) in [5.74, 6) is 0.117. The Morgan fingerprint density at radius 2 is 1.53 bits per heavy atom. The van der Waals surface area contributed by atoms with E-state index in [1.807, 2.05) is 18.2 Å². The molecule has 3 aromatic rings. The van der Waals surface area contributed by atoms with Gasteiger partial charge in [0.1, 0.15) is 0 Å². The van der Waals surface area contributed by atoms with Crippen LogP contribution in [0.2, 0.25) is 0 Å². The smallest absolute Gasteiger partial charge is 0.336 e. The van der Waals surface area contributed by atoms with Crippen molar-refractivity contribution in [1.82, 2.24) is 0 Å². The molecule has 180 valence electrons. The van der Waals surface area contributed by atoms with E-state index in [1.54, 1.807) is 12.1 Å². The topological polar surface area (TPSA) is 64.6 Å². The monoisotopic (exact) mass is 459 g/mol. The Labute approximate surface area is 203 Å².